The number of carbonyl (C=O) groups excluding carboxylic acids is 1. The Bertz CT molecular complexity index is 1100. The van der Waals surface area contributed by atoms with Crippen LogP contribution in [0.5, 0.6) is 5.75 Å². The molecule has 0 spiro atoms. The molecule has 2 aromatic rings. The molecule has 174 valence electrons. The first-order chi connectivity index (χ1) is 15.9. The van der Waals surface area contributed by atoms with Gasteiger partial charge < -0.3 is 25.7 Å². The summed E-state index contributed by atoms with van der Waals surface area (Å²) in [5.41, 5.74) is 13.5. The molecule has 2 aliphatic heterocycles. The van der Waals surface area contributed by atoms with Crippen LogP contribution in [0.2, 0.25) is 0 Å². The standard InChI is InChI=1S/C26H33N5O2/c1-17(27)26-23-8-7-20(19-9-12-30(13-10-19)18(2)32)15-24(23)25(11-14-31(26)28)29-21-5-4-6-22(16-21)33-3/h4-9,15-16,25,29H,10-14,27-28H2,1-3H3/b26-17-. The Hall–Kier alpha value is -3.45. The number of hydrogen-bond donors (Lipinski definition) is 3. The van der Waals surface area contributed by atoms with Crippen molar-refractivity contribution < 1.29 is 9.53 Å². The lowest BCUT2D eigenvalue weighted by Gasteiger charge is -2.27. The van der Waals surface area contributed by atoms with E-state index in [1.165, 1.54) is 11.1 Å². The average molecular weight is 448 g/mol. The number of allylic oxidation sites excluding steroid dienone is 1. The van der Waals surface area contributed by atoms with Crippen LogP contribution in [-0.2, 0) is 4.79 Å². The number of hydrogen-bond acceptors (Lipinski definition) is 6. The Morgan fingerprint density at radius 1 is 1.15 bits per heavy atom. The summed E-state index contributed by atoms with van der Waals surface area (Å²) in [7, 11) is 1.67. The molecule has 33 heavy (non-hydrogen) atoms. The molecule has 0 aliphatic carbocycles. The van der Waals surface area contributed by atoms with Crippen LogP contribution < -0.4 is 21.6 Å². The topological polar surface area (TPSA) is 96.8 Å². The Labute approximate surface area is 195 Å². The van der Waals surface area contributed by atoms with E-state index in [-0.39, 0.29) is 11.9 Å². The van der Waals surface area contributed by atoms with Crippen molar-refractivity contribution in [1.82, 2.24) is 9.91 Å². The second kappa shape index (κ2) is 9.58. The van der Waals surface area contributed by atoms with Crippen molar-refractivity contribution in [3.8, 4) is 5.75 Å². The van der Waals surface area contributed by atoms with Gasteiger partial charge in [0, 0.05) is 49.6 Å². The zero-order chi connectivity index (χ0) is 23.5. The monoisotopic (exact) mass is 447 g/mol. The Balaban J connectivity index is 1.74. The number of anilines is 1. The lowest BCUT2D eigenvalue weighted by molar-refractivity contribution is -0.128. The smallest absolute Gasteiger partial charge is 0.219 e. The van der Waals surface area contributed by atoms with Crippen LogP contribution in [0, 0.1) is 0 Å². The zero-order valence-corrected chi connectivity index (χ0v) is 19.6. The van der Waals surface area contributed by atoms with Gasteiger partial charge in [-0.3, -0.25) is 4.79 Å². The highest BCUT2D eigenvalue weighted by Crippen LogP contribution is 2.37. The summed E-state index contributed by atoms with van der Waals surface area (Å²) in [6.07, 6.45) is 3.82. The molecular formula is C26H33N5O2. The minimum Gasteiger partial charge on any atom is -0.497 e. The highest BCUT2D eigenvalue weighted by Gasteiger charge is 2.27. The molecule has 2 aliphatic rings. The van der Waals surface area contributed by atoms with Crippen molar-refractivity contribution in [2.24, 2.45) is 11.6 Å². The normalized spacial score (nSPS) is 19.9. The second-order valence-electron chi connectivity index (χ2n) is 8.69. The predicted molar refractivity (Wildman–Crippen MR) is 133 cm³/mol. The van der Waals surface area contributed by atoms with Crippen LogP contribution in [-0.4, -0.2) is 42.6 Å². The first-order valence-corrected chi connectivity index (χ1v) is 11.4. The number of ether oxygens (including phenoxy) is 1. The lowest BCUT2D eigenvalue weighted by atomic mass is 9.90. The maximum Gasteiger partial charge on any atom is 0.219 e. The van der Waals surface area contributed by atoms with Crippen molar-refractivity contribution >= 4 is 22.9 Å². The molecule has 7 nitrogen and oxygen atoms in total. The molecule has 2 heterocycles. The summed E-state index contributed by atoms with van der Waals surface area (Å²) in [5, 5.41) is 5.44. The molecule has 0 saturated carbocycles. The number of nitrogens with two attached hydrogens (primary N) is 2. The largest absolute Gasteiger partial charge is 0.497 e. The maximum atomic E-state index is 11.7. The summed E-state index contributed by atoms with van der Waals surface area (Å²) >= 11 is 0. The van der Waals surface area contributed by atoms with Crippen LogP contribution in [0.1, 0.15) is 49.4 Å². The van der Waals surface area contributed by atoms with Gasteiger partial charge in [-0.15, -0.1) is 0 Å². The van der Waals surface area contributed by atoms with Gasteiger partial charge in [-0.2, -0.15) is 0 Å². The number of nitrogens with one attached hydrogen (secondary N) is 1. The van der Waals surface area contributed by atoms with E-state index in [0.717, 1.165) is 47.6 Å². The van der Waals surface area contributed by atoms with Gasteiger partial charge in [0.2, 0.25) is 5.91 Å². The Kier molecular flexibility index (Phi) is 6.60. The number of amides is 1. The molecule has 5 N–H and O–H groups in total. The van der Waals surface area contributed by atoms with Crippen LogP contribution >= 0.6 is 0 Å². The van der Waals surface area contributed by atoms with Gasteiger partial charge in [-0.05, 0) is 54.7 Å². The molecule has 0 radical (unpaired) electrons. The zero-order valence-electron chi connectivity index (χ0n) is 19.6. The quantitative estimate of drug-likeness (QED) is 0.619. The molecular weight excluding hydrogens is 414 g/mol. The molecule has 1 atom stereocenters. The first kappa shape index (κ1) is 22.7. The van der Waals surface area contributed by atoms with Crippen molar-refractivity contribution in [2.45, 2.75) is 32.7 Å². The van der Waals surface area contributed by atoms with Gasteiger partial charge in [-0.25, -0.2) is 5.84 Å². The van der Waals surface area contributed by atoms with E-state index >= 15 is 0 Å². The van der Waals surface area contributed by atoms with Gasteiger partial charge in [0.05, 0.1) is 18.8 Å². The van der Waals surface area contributed by atoms with E-state index < -0.39 is 0 Å². The summed E-state index contributed by atoms with van der Waals surface area (Å²) in [6.45, 7) is 5.58. The summed E-state index contributed by atoms with van der Waals surface area (Å²) in [5.74, 6) is 7.35. The summed E-state index contributed by atoms with van der Waals surface area (Å²) in [6, 6.07) is 14.5. The van der Waals surface area contributed by atoms with E-state index in [1.807, 2.05) is 36.1 Å². The Morgan fingerprint density at radius 3 is 2.64 bits per heavy atom. The fourth-order valence-corrected chi connectivity index (χ4v) is 4.68. The molecule has 0 fully saturated rings. The predicted octanol–water partition coefficient (Wildman–Crippen LogP) is 3.71. The van der Waals surface area contributed by atoms with Crippen molar-refractivity contribution in [1.29, 1.82) is 0 Å². The molecule has 4 rings (SSSR count). The number of fused-ring (bicyclic) bond motifs is 1. The molecule has 0 aromatic heterocycles. The van der Waals surface area contributed by atoms with Gasteiger partial charge in [-0.1, -0.05) is 24.3 Å². The third-order valence-electron chi connectivity index (χ3n) is 6.44. The average Bonchev–Trinajstić information content (AvgIpc) is 2.95. The summed E-state index contributed by atoms with van der Waals surface area (Å²) < 4.78 is 5.40. The SMILES string of the molecule is COc1cccc(NC2CCN(N)/C(=C(/C)N)c3ccc(C4=CCN(C(C)=O)CC4)cc32)c1. The minimum absolute atomic E-state index is 0.0489. The van der Waals surface area contributed by atoms with E-state index in [4.69, 9.17) is 16.3 Å². The van der Waals surface area contributed by atoms with Gasteiger partial charge in [0.15, 0.2) is 0 Å². The molecule has 0 saturated heterocycles. The molecule has 0 bridgehead atoms. The van der Waals surface area contributed by atoms with Crippen LogP contribution in [0.4, 0.5) is 5.69 Å². The molecule has 7 heteroatoms. The number of benzene rings is 2. The van der Waals surface area contributed by atoms with Crippen molar-refractivity contribution in [2.75, 3.05) is 32.1 Å². The van der Waals surface area contributed by atoms with Crippen LogP contribution in [0.3, 0.4) is 0 Å². The lowest BCUT2D eigenvalue weighted by Crippen LogP contribution is -2.32. The van der Waals surface area contributed by atoms with E-state index in [0.29, 0.717) is 18.8 Å². The summed E-state index contributed by atoms with van der Waals surface area (Å²) in [4.78, 5) is 13.6. The number of nitrogens with zero attached hydrogens (tertiary/aromatic N) is 2. The maximum absolute atomic E-state index is 11.7. The number of methoxy groups -OCH3 is 1. The minimum atomic E-state index is 0.0489. The highest BCUT2D eigenvalue weighted by atomic mass is 16.5. The van der Waals surface area contributed by atoms with Crippen molar-refractivity contribution in [3.63, 3.8) is 0 Å². The van der Waals surface area contributed by atoms with Gasteiger partial charge in [0.25, 0.3) is 0 Å². The van der Waals surface area contributed by atoms with E-state index in [1.54, 1.807) is 19.0 Å². The van der Waals surface area contributed by atoms with Crippen LogP contribution in [0.15, 0.2) is 54.2 Å². The molecule has 2 aromatic carbocycles. The fraction of sp³-hybridized carbons (Fsp3) is 0.346. The van der Waals surface area contributed by atoms with E-state index in [2.05, 4.69) is 29.6 Å². The third kappa shape index (κ3) is 4.83. The van der Waals surface area contributed by atoms with Gasteiger partial charge in [0.1, 0.15) is 5.75 Å². The molecule has 1 amide bonds. The van der Waals surface area contributed by atoms with Crippen LogP contribution in [0.25, 0.3) is 11.3 Å². The number of rotatable bonds is 4. The fourth-order valence-electron chi connectivity index (χ4n) is 4.68. The highest BCUT2D eigenvalue weighted by molar-refractivity contribution is 5.78. The number of carbonyl (C=O) groups is 1. The number of hydrazine groups is 1. The third-order valence-corrected chi connectivity index (χ3v) is 6.44. The van der Waals surface area contributed by atoms with Crippen molar-refractivity contribution in [3.05, 3.63) is 70.9 Å². The first-order valence-electron chi connectivity index (χ1n) is 11.4. The second-order valence-corrected chi connectivity index (χ2v) is 8.69. The van der Waals surface area contributed by atoms with Gasteiger partial charge >= 0.3 is 0 Å². The Morgan fingerprint density at radius 2 is 1.97 bits per heavy atom. The molecule has 1 unspecified atom stereocenters. The van der Waals surface area contributed by atoms with E-state index in [9.17, 15) is 4.79 Å².